The van der Waals surface area contributed by atoms with Crippen LogP contribution in [0.5, 0.6) is 11.5 Å². The summed E-state index contributed by atoms with van der Waals surface area (Å²) in [6.45, 7) is 6.18. The van der Waals surface area contributed by atoms with Crippen LogP contribution >= 0.6 is 11.8 Å². The molecule has 1 amide bonds. The van der Waals surface area contributed by atoms with Gasteiger partial charge in [0, 0.05) is 17.7 Å². The maximum absolute atomic E-state index is 12.5. The quantitative estimate of drug-likeness (QED) is 0.786. The molecule has 2 aromatic rings. The van der Waals surface area contributed by atoms with Gasteiger partial charge in [0.2, 0.25) is 5.91 Å². The van der Waals surface area contributed by atoms with Gasteiger partial charge in [-0.2, -0.15) is 0 Å². The van der Waals surface area contributed by atoms with Crippen molar-refractivity contribution in [3.63, 3.8) is 0 Å². The molecule has 0 spiro atoms. The lowest BCUT2D eigenvalue weighted by molar-refractivity contribution is -0.119. The molecule has 4 nitrogen and oxygen atoms in total. The van der Waals surface area contributed by atoms with Crippen LogP contribution in [0.25, 0.3) is 0 Å². The standard InChI is InChI=1S/C22H27NO3S/c1-15-5-10-18-19(12-22(2,3)26-20(18)11-15)23-21(24)14-27-13-16-6-8-17(25-4)9-7-16/h5-11,19H,12-14H2,1-4H3,(H,23,24)/t19-/m1/s1. The highest BCUT2D eigenvalue weighted by molar-refractivity contribution is 7.99. The van der Waals surface area contributed by atoms with E-state index in [2.05, 4.69) is 38.2 Å². The summed E-state index contributed by atoms with van der Waals surface area (Å²) in [7, 11) is 1.66. The van der Waals surface area contributed by atoms with E-state index in [1.165, 1.54) is 5.56 Å². The van der Waals surface area contributed by atoms with Crippen molar-refractivity contribution in [3.05, 3.63) is 59.2 Å². The van der Waals surface area contributed by atoms with Crippen LogP contribution in [-0.4, -0.2) is 24.4 Å². The molecule has 0 aromatic heterocycles. The van der Waals surface area contributed by atoms with E-state index in [9.17, 15) is 4.79 Å². The lowest BCUT2D eigenvalue weighted by atomic mass is 9.89. The molecule has 0 saturated carbocycles. The number of carbonyl (C=O) groups excluding carboxylic acids is 1. The summed E-state index contributed by atoms with van der Waals surface area (Å²) < 4.78 is 11.3. The number of aryl methyl sites for hydroxylation is 1. The molecule has 1 N–H and O–H groups in total. The Balaban J connectivity index is 1.57. The smallest absolute Gasteiger partial charge is 0.230 e. The number of thioether (sulfide) groups is 1. The van der Waals surface area contributed by atoms with Crippen LogP contribution in [0.3, 0.4) is 0 Å². The number of ether oxygens (including phenoxy) is 2. The highest BCUT2D eigenvalue weighted by Crippen LogP contribution is 2.39. The van der Waals surface area contributed by atoms with Crippen molar-refractivity contribution in [1.82, 2.24) is 5.32 Å². The lowest BCUT2D eigenvalue weighted by Crippen LogP contribution is -2.41. The molecule has 1 aliphatic heterocycles. The van der Waals surface area contributed by atoms with E-state index >= 15 is 0 Å². The van der Waals surface area contributed by atoms with Crippen molar-refractivity contribution in [2.24, 2.45) is 0 Å². The Kier molecular flexibility index (Phi) is 6.00. The summed E-state index contributed by atoms with van der Waals surface area (Å²) in [5.74, 6) is 3.01. The molecule has 0 radical (unpaired) electrons. The summed E-state index contributed by atoms with van der Waals surface area (Å²) in [5, 5.41) is 3.19. The number of hydrogen-bond acceptors (Lipinski definition) is 4. The van der Waals surface area contributed by atoms with E-state index in [-0.39, 0.29) is 17.6 Å². The van der Waals surface area contributed by atoms with Gasteiger partial charge in [0.15, 0.2) is 0 Å². The van der Waals surface area contributed by atoms with Crippen molar-refractivity contribution >= 4 is 17.7 Å². The minimum absolute atomic E-state index is 0.0153. The third-order valence-electron chi connectivity index (χ3n) is 4.62. The second-order valence-corrected chi connectivity index (χ2v) is 8.55. The maximum Gasteiger partial charge on any atom is 0.230 e. The zero-order valence-corrected chi connectivity index (χ0v) is 17.2. The second-order valence-electron chi connectivity index (χ2n) is 7.57. The van der Waals surface area contributed by atoms with Crippen molar-refractivity contribution in [1.29, 1.82) is 0 Å². The molecular weight excluding hydrogens is 358 g/mol. The first-order chi connectivity index (χ1) is 12.9. The predicted molar refractivity (Wildman–Crippen MR) is 111 cm³/mol. The van der Waals surface area contributed by atoms with Crippen LogP contribution in [-0.2, 0) is 10.5 Å². The lowest BCUT2D eigenvalue weighted by Gasteiger charge is -2.38. The molecule has 1 heterocycles. The number of fused-ring (bicyclic) bond motifs is 1. The van der Waals surface area contributed by atoms with Gasteiger partial charge in [-0.25, -0.2) is 0 Å². The molecule has 0 fully saturated rings. The number of nitrogens with one attached hydrogen (secondary N) is 1. The van der Waals surface area contributed by atoms with Gasteiger partial charge >= 0.3 is 0 Å². The summed E-state index contributed by atoms with van der Waals surface area (Å²) in [4.78, 5) is 12.5. The molecule has 144 valence electrons. The van der Waals surface area contributed by atoms with Crippen molar-refractivity contribution < 1.29 is 14.3 Å². The van der Waals surface area contributed by atoms with Gasteiger partial charge in [-0.3, -0.25) is 4.79 Å². The van der Waals surface area contributed by atoms with E-state index in [0.717, 1.165) is 34.8 Å². The van der Waals surface area contributed by atoms with E-state index in [4.69, 9.17) is 9.47 Å². The number of methoxy groups -OCH3 is 1. The van der Waals surface area contributed by atoms with E-state index < -0.39 is 0 Å². The Hall–Kier alpha value is -2.14. The minimum Gasteiger partial charge on any atom is -0.497 e. The normalized spacial score (nSPS) is 17.6. The third kappa shape index (κ3) is 5.19. The average molecular weight is 386 g/mol. The first kappa shape index (κ1) is 19.6. The molecular formula is C22H27NO3S. The Morgan fingerprint density at radius 3 is 2.70 bits per heavy atom. The third-order valence-corrected chi connectivity index (χ3v) is 5.63. The molecule has 0 saturated heterocycles. The van der Waals surface area contributed by atoms with Crippen LogP contribution in [0.15, 0.2) is 42.5 Å². The van der Waals surface area contributed by atoms with Gasteiger partial charge in [-0.05, 0) is 50.1 Å². The zero-order valence-electron chi connectivity index (χ0n) is 16.4. The van der Waals surface area contributed by atoms with Crippen LogP contribution in [0, 0.1) is 6.92 Å². The van der Waals surface area contributed by atoms with Gasteiger partial charge in [0.05, 0.1) is 18.9 Å². The van der Waals surface area contributed by atoms with Gasteiger partial charge < -0.3 is 14.8 Å². The van der Waals surface area contributed by atoms with Crippen LogP contribution in [0.4, 0.5) is 0 Å². The highest BCUT2D eigenvalue weighted by atomic mass is 32.2. The van der Waals surface area contributed by atoms with Gasteiger partial charge in [-0.15, -0.1) is 11.8 Å². The summed E-state index contributed by atoms with van der Waals surface area (Å²) in [6.07, 6.45) is 0.762. The number of rotatable bonds is 6. The molecule has 1 atom stereocenters. The van der Waals surface area contributed by atoms with Crippen molar-refractivity contribution in [3.8, 4) is 11.5 Å². The SMILES string of the molecule is COc1ccc(CSCC(=O)N[C@@H]2CC(C)(C)Oc3cc(C)ccc32)cc1. The summed E-state index contributed by atoms with van der Waals surface area (Å²) in [6, 6.07) is 14.1. The van der Waals surface area contributed by atoms with Crippen LogP contribution < -0.4 is 14.8 Å². The summed E-state index contributed by atoms with van der Waals surface area (Å²) >= 11 is 1.62. The first-order valence-corrected chi connectivity index (χ1v) is 10.3. The Bertz CT molecular complexity index is 802. The fraction of sp³-hybridized carbons (Fsp3) is 0.409. The van der Waals surface area contributed by atoms with Crippen LogP contribution in [0.1, 0.15) is 43.0 Å². The molecule has 0 unspecified atom stereocenters. The number of benzene rings is 2. The maximum atomic E-state index is 12.5. The molecule has 27 heavy (non-hydrogen) atoms. The molecule has 0 bridgehead atoms. The minimum atomic E-state index is -0.297. The van der Waals surface area contributed by atoms with Crippen molar-refractivity contribution in [2.45, 2.75) is 44.6 Å². The number of amides is 1. The second kappa shape index (κ2) is 8.26. The van der Waals surface area contributed by atoms with E-state index in [1.807, 2.05) is 30.3 Å². The largest absolute Gasteiger partial charge is 0.497 e. The fourth-order valence-corrected chi connectivity index (χ4v) is 4.11. The molecule has 0 aliphatic carbocycles. The molecule has 5 heteroatoms. The van der Waals surface area contributed by atoms with Crippen molar-refractivity contribution in [2.75, 3.05) is 12.9 Å². The number of hydrogen-bond donors (Lipinski definition) is 1. The van der Waals surface area contributed by atoms with E-state index in [0.29, 0.717) is 5.75 Å². The molecule has 2 aromatic carbocycles. The van der Waals surface area contributed by atoms with Gasteiger partial charge in [0.1, 0.15) is 17.1 Å². The Morgan fingerprint density at radius 2 is 2.00 bits per heavy atom. The number of carbonyl (C=O) groups is 1. The van der Waals surface area contributed by atoms with Gasteiger partial charge in [-0.1, -0.05) is 24.3 Å². The van der Waals surface area contributed by atoms with E-state index in [1.54, 1.807) is 18.9 Å². The van der Waals surface area contributed by atoms with Gasteiger partial charge in [0.25, 0.3) is 0 Å². The Labute approximate surface area is 165 Å². The van der Waals surface area contributed by atoms with Crippen LogP contribution in [0.2, 0.25) is 0 Å². The monoisotopic (exact) mass is 385 g/mol. The average Bonchev–Trinajstić information content (AvgIpc) is 2.61. The Morgan fingerprint density at radius 1 is 1.26 bits per heavy atom. The fourth-order valence-electron chi connectivity index (χ4n) is 3.31. The zero-order chi connectivity index (χ0) is 19.4. The highest BCUT2D eigenvalue weighted by Gasteiger charge is 2.34. The predicted octanol–water partition coefficient (Wildman–Crippen LogP) is 4.66. The topological polar surface area (TPSA) is 47.6 Å². The molecule has 1 aliphatic rings. The summed E-state index contributed by atoms with van der Waals surface area (Å²) in [5.41, 5.74) is 3.11. The first-order valence-electron chi connectivity index (χ1n) is 9.16. The molecule has 3 rings (SSSR count).